The number of hydrogen-bond acceptors (Lipinski definition) is 2. The summed E-state index contributed by atoms with van der Waals surface area (Å²) in [6, 6.07) is 14.8. The smallest absolute Gasteiger partial charge is 0.128 e. The van der Waals surface area contributed by atoms with Crippen molar-refractivity contribution in [2.75, 3.05) is 0 Å². The fourth-order valence-corrected chi connectivity index (χ4v) is 2.99. The maximum absolute atomic E-state index is 13.3. The van der Waals surface area contributed by atoms with E-state index >= 15 is 0 Å². The molecule has 2 aromatic carbocycles. The number of aromatic nitrogens is 1. The molecule has 0 aliphatic rings. The van der Waals surface area contributed by atoms with E-state index in [9.17, 15) is 4.39 Å². The van der Waals surface area contributed by atoms with Gasteiger partial charge in [0.15, 0.2) is 0 Å². The van der Waals surface area contributed by atoms with Crippen molar-refractivity contribution in [3.63, 3.8) is 0 Å². The van der Waals surface area contributed by atoms with E-state index in [1.807, 2.05) is 6.07 Å². The summed E-state index contributed by atoms with van der Waals surface area (Å²) in [6.45, 7) is 5.16. The first kappa shape index (κ1) is 15.6. The average Bonchev–Trinajstić information content (AvgIpc) is 2.91. The van der Waals surface area contributed by atoms with Gasteiger partial charge in [0, 0.05) is 24.0 Å². The van der Waals surface area contributed by atoms with Gasteiger partial charge in [-0.25, -0.2) is 4.39 Å². The van der Waals surface area contributed by atoms with Crippen molar-refractivity contribution in [3.05, 3.63) is 65.6 Å². The van der Waals surface area contributed by atoms with Crippen LogP contribution in [0.1, 0.15) is 31.1 Å². The van der Waals surface area contributed by atoms with E-state index in [0.29, 0.717) is 18.9 Å². The van der Waals surface area contributed by atoms with Gasteiger partial charge in [0.25, 0.3) is 0 Å². The molecule has 3 aromatic rings. The van der Waals surface area contributed by atoms with Gasteiger partial charge < -0.3 is 15.0 Å². The number of nitrogens with two attached hydrogens (primary N) is 1. The topological polar surface area (TPSA) is 40.2 Å². The van der Waals surface area contributed by atoms with Crippen LogP contribution in [0.4, 0.5) is 4.39 Å². The molecule has 0 saturated heterocycles. The van der Waals surface area contributed by atoms with E-state index in [4.69, 9.17) is 10.5 Å². The molecule has 3 rings (SSSR count). The van der Waals surface area contributed by atoms with Crippen molar-refractivity contribution in [3.8, 4) is 5.75 Å². The Morgan fingerprint density at radius 2 is 1.91 bits per heavy atom. The maximum atomic E-state index is 13.3. The molecule has 0 spiro atoms. The van der Waals surface area contributed by atoms with Crippen LogP contribution in [-0.4, -0.2) is 4.57 Å². The molecule has 0 fully saturated rings. The van der Waals surface area contributed by atoms with Crippen LogP contribution in [0.3, 0.4) is 0 Å². The van der Waals surface area contributed by atoms with Gasteiger partial charge >= 0.3 is 0 Å². The summed E-state index contributed by atoms with van der Waals surface area (Å²) in [5.74, 6) is 0.238. The van der Waals surface area contributed by atoms with Crippen molar-refractivity contribution in [2.45, 2.75) is 33.0 Å². The lowest BCUT2D eigenvalue weighted by atomic mass is 10.1. The van der Waals surface area contributed by atoms with Crippen molar-refractivity contribution in [1.29, 1.82) is 0 Å². The van der Waals surface area contributed by atoms with Gasteiger partial charge in [-0.3, -0.25) is 0 Å². The quantitative estimate of drug-likeness (QED) is 0.758. The number of nitrogens with zero attached hydrogens (tertiary/aromatic N) is 1. The van der Waals surface area contributed by atoms with Crippen molar-refractivity contribution in [1.82, 2.24) is 4.57 Å². The highest BCUT2D eigenvalue weighted by Crippen LogP contribution is 2.28. The standard InChI is InChI=1S/C19H21FN2O/c1-13(2)22-17(12-23-18-8-4-7-16(20)10-18)9-14-5-3-6-15(11-21)19(14)22/h3-10,13H,11-12,21H2,1-2H3. The van der Waals surface area contributed by atoms with Gasteiger partial charge in [0.1, 0.15) is 18.2 Å². The number of rotatable bonds is 5. The molecular weight excluding hydrogens is 291 g/mol. The van der Waals surface area contributed by atoms with Gasteiger partial charge in [-0.1, -0.05) is 24.3 Å². The SMILES string of the molecule is CC(C)n1c(COc2cccc(F)c2)cc2cccc(CN)c21. The lowest BCUT2D eigenvalue weighted by Crippen LogP contribution is -2.10. The highest BCUT2D eigenvalue weighted by atomic mass is 19.1. The third kappa shape index (κ3) is 3.08. The molecule has 4 heteroatoms. The Morgan fingerprint density at radius 1 is 1.13 bits per heavy atom. The van der Waals surface area contributed by atoms with E-state index in [1.165, 1.54) is 12.1 Å². The Hall–Kier alpha value is -2.33. The molecule has 0 atom stereocenters. The molecule has 0 aliphatic heterocycles. The van der Waals surface area contributed by atoms with Crippen LogP contribution in [0.15, 0.2) is 48.5 Å². The summed E-state index contributed by atoms with van der Waals surface area (Å²) in [4.78, 5) is 0. The summed E-state index contributed by atoms with van der Waals surface area (Å²) in [6.07, 6.45) is 0. The Labute approximate surface area is 135 Å². The highest BCUT2D eigenvalue weighted by molar-refractivity contribution is 5.84. The fraction of sp³-hybridized carbons (Fsp3) is 0.263. The average molecular weight is 312 g/mol. The van der Waals surface area contributed by atoms with Crippen LogP contribution < -0.4 is 10.5 Å². The lowest BCUT2D eigenvalue weighted by molar-refractivity contribution is 0.291. The molecule has 1 heterocycles. The number of benzene rings is 2. The zero-order valence-electron chi connectivity index (χ0n) is 13.4. The van der Waals surface area contributed by atoms with Gasteiger partial charge in [-0.15, -0.1) is 0 Å². The van der Waals surface area contributed by atoms with Crippen LogP contribution in [0.25, 0.3) is 10.9 Å². The molecule has 0 unspecified atom stereocenters. The zero-order valence-corrected chi connectivity index (χ0v) is 13.4. The summed E-state index contributed by atoms with van der Waals surface area (Å²) in [7, 11) is 0. The Morgan fingerprint density at radius 3 is 2.61 bits per heavy atom. The monoisotopic (exact) mass is 312 g/mol. The number of hydrogen-bond donors (Lipinski definition) is 1. The van der Waals surface area contributed by atoms with E-state index in [-0.39, 0.29) is 11.9 Å². The molecule has 0 bridgehead atoms. The van der Waals surface area contributed by atoms with Crippen LogP contribution in [-0.2, 0) is 13.2 Å². The van der Waals surface area contributed by atoms with Gasteiger partial charge in [-0.05, 0) is 37.6 Å². The minimum absolute atomic E-state index is 0.284. The molecule has 0 aliphatic carbocycles. The number of para-hydroxylation sites is 1. The second-order valence-corrected chi connectivity index (χ2v) is 5.90. The third-order valence-electron chi connectivity index (χ3n) is 3.94. The lowest BCUT2D eigenvalue weighted by Gasteiger charge is -2.17. The second-order valence-electron chi connectivity index (χ2n) is 5.90. The number of halogens is 1. The first-order chi connectivity index (χ1) is 11.1. The van der Waals surface area contributed by atoms with Crippen molar-refractivity contribution < 1.29 is 9.13 Å². The normalized spacial score (nSPS) is 11.3. The van der Waals surface area contributed by atoms with Crippen LogP contribution in [0.2, 0.25) is 0 Å². The number of fused-ring (bicyclic) bond motifs is 1. The molecule has 0 amide bonds. The minimum Gasteiger partial charge on any atom is -0.487 e. The Kier molecular flexibility index (Phi) is 4.35. The molecular formula is C19H21FN2O. The van der Waals surface area contributed by atoms with E-state index in [0.717, 1.165) is 22.2 Å². The molecule has 2 N–H and O–H groups in total. The van der Waals surface area contributed by atoms with Crippen molar-refractivity contribution in [2.24, 2.45) is 5.73 Å². The van der Waals surface area contributed by atoms with Gasteiger partial charge in [0.05, 0.1) is 11.2 Å². The summed E-state index contributed by atoms with van der Waals surface area (Å²) < 4.78 is 21.3. The predicted octanol–water partition coefficient (Wildman–Crippen LogP) is 4.40. The predicted molar refractivity (Wildman–Crippen MR) is 90.9 cm³/mol. The fourth-order valence-electron chi connectivity index (χ4n) is 2.99. The molecule has 23 heavy (non-hydrogen) atoms. The molecule has 1 aromatic heterocycles. The summed E-state index contributed by atoms with van der Waals surface area (Å²) in [5, 5.41) is 1.15. The highest BCUT2D eigenvalue weighted by Gasteiger charge is 2.14. The van der Waals surface area contributed by atoms with Gasteiger partial charge in [-0.2, -0.15) is 0 Å². The Balaban J connectivity index is 1.98. The van der Waals surface area contributed by atoms with E-state index < -0.39 is 0 Å². The van der Waals surface area contributed by atoms with E-state index in [1.54, 1.807) is 12.1 Å². The Bertz CT molecular complexity index is 823. The van der Waals surface area contributed by atoms with Crippen molar-refractivity contribution >= 4 is 10.9 Å². The molecule has 0 radical (unpaired) electrons. The molecule has 120 valence electrons. The molecule has 0 saturated carbocycles. The van der Waals surface area contributed by atoms with Crippen LogP contribution in [0.5, 0.6) is 5.75 Å². The largest absolute Gasteiger partial charge is 0.487 e. The van der Waals surface area contributed by atoms with E-state index in [2.05, 4.69) is 36.6 Å². The first-order valence-corrected chi connectivity index (χ1v) is 7.80. The first-order valence-electron chi connectivity index (χ1n) is 7.80. The van der Waals surface area contributed by atoms with Crippen LogP contribution in [0, 0.1) is 5.82 Å². The third-order valence-corrected chi connectivity index (χ3v) is 3.94. The second kappa shape index (κ2) is 6.42. The zero-order chi connectivity index (χ0) is 16.4. The summed E-state index contributed by atoms with van der Waals surface area (Å²) in [5.41, 5.74) is 9.22. The summed E-state index contributed by atoms with van der Waals surface area (Å²) >= 11 is 0. The van der Waals surface area contributed by atoms with Gasteiger partial charge in [0.2, 0.25) is 0 Å². The molecule has 3 nitrogen and oxygen atoms in total. The minimum atomic E-state index is -0.294. The maximum Gasteiger partial charge on any atom is 0.128 e. The number of ether oxygens (including phenoxy) is 1. The van der Waals surface area contributed by atoms with Crippen LogP contribution >= 0.6 is 0 Å².